The highest BCUT2D eigenvalue weighted by Gasteiger charge is 2.45. The van der Waals surface area contributed by atoms with E-state index in [9.17, 15) is 28.8 Å². The first-order chi connectivity index (χ1) is 23.3. The third kappa shape index (κ3) is 13.1. The van der Waals surface area contributed by atoms with Gasteiger partial charge in [0.05, 0.1) is 49.8 Å². The number of imide groups is 2. The fourth-order valence-corrected chi connectivity index (χ4v) is 5.55. The molecule has 0 bridgehead atoms. The number of carbonyl (C=O) groups is 6. The Labute approximate surface area is 282 Å². The van der Waals surface area contributed by atoms with Gasteiger partial charge in [0.15, 0.2) is 0 Å². The van der Waals surface area contributed by atoms with Crippen LogP contribution in [-0.2, 0) is 38.1 Å². The van der Waals surface area contributed by atoms with Gasteiger partial charge in [0.2, 0.25) is 17.7 Å². The van der Waals surface area contributed by atoms with Crippen LogP contribution in [-0.4, -0.2) is 92.7 Å². The zero-order valence-electron chi connectivity index (χ0n) is 28.2. The molecule has 2 aliphatic heterocycles. The minimum atomic E-state index is -1.07. The second-order valence-electron chi connectivity index (χ2n) is 12.0. The van der Waals surface area contributed by atoms with Crippen molar-refractivity contribution in [3.63, 3.8) is 0 Å². The van der Waals surface area contributed by atoms with Crippen molar-refractivity contribution in [2.24, 2.45) is 0 Å². The molecule has 1 unspecified atom stereocenters. The number of hydrogen-bond acceptors (Lipinski definition) is 10. The lowest BCUT2D eigenvalue weighted by atomic mass is 10.0. The Kier molecular flexibility index (Phi) is 17.8. The summed E-state index contributed by atoms with van der Waals surface area (Å²) in [4.78, 5) is 75.1. The summed E-state index contributed by atoms with van der Waals surface area (Å²) in [5.41, 5.74) is 0.387. The van der Waals surface area contributed by atoms with Gasteiger partial charge in [-0.3, -0.25) is 39.0 Å². The SMILES string of the molecule is CCCCCCCCCC(=O)OCCOCCOCCOCCCCCC(=O)Nc1cccc2c1C(=O)N(C1CCC(=O)NC1=O)C2=O. The van der Waals surface area contributed by atoms with Gasteiger partial charge in [-0.25, -0.2) is 0 Å². The van der Waals surface area contributed by atoms with Gasteiger partial charge in [0, 0.05) is 25.9 Å². The summed E-state index contributed by atoms with van der Waals surface area (Å²) < 4.78 is 21.7. The molecule has 3 rings (SSSR count). The van der Waals surface area contributed by atoms with E-state index in [1.807, 2.05) is 0 Å². The molecule has 266 valence electrons. The number of ether oxygens (including phenoxy) is 4. The molecule has 0 saturated carbocycles. The number of carbonyl (C=O) groups excluding carboxylic acids is 6. The second-order valence-corrected chi connectivity index (χ2v) is 12.0. The van der Waals surface area contributed by atoms with E-state index in [-0.39, 0.29) is 54.6 Å². The van der Waals surface area contributed by atoms with E-state index in [4.69, 9.17) is 18.9 Å². The summed E-state index contributed by atoms with van der Waals surface area (Å²) in [6.45, 7) is 5.03. The zero-order chi connectivity index (χ0) is 34.6. The second kappa shape index (κ2) is 22.0. The summed E-state index contributed by atoms with van der Waals surface area (Å²) in [6, 6.07) is 3.53. The number of unbranched alkanes of at least 4 members (excludes halogenated alkanes) is 8. The van der Waals surface area contributed by atoms with Gasteiger partial charge in [-0.1, -0.05) is 57.9 Å². The number of nitrogens with zero attached hydrogens (tertiary/aromatic N) is 1. The molecular weight excluding hydrogens is 622 g/mol. The Morgan fingerprint density at radius 2 is 1.40 bits per heavy atom. The van der Waals surface area contributed by atoms with Crippen LogP contribution in [0.2, 0.25) is 0 Å². The Morgan fingerprint density at radius 3 is 2.10 bits per heavy atom. The first kappa shape index (κ1) is 38.8. The third-order valence-electron chi connectivity index (χ3n) is 8.15. The quantitative estimate of drug-likeness (QED) is 0.0867. The average molecular weight is 674 g/mol. The highest BCUT2D eigenvalue weighted by atomic mass is 16.6. The first-order valence-electron chi connectivity index (χ1n) is 17.4. The van der Waals surface area contributed by atoms with E-state index in [1.54, 1.807) is 12.1 Å². The van der Waals surface area contributed by atoms with E-state index < -0.39 is 29.7 Å². The maximum absolute atomic E-state index is 13.2. The van der Waals surface area contributed by atoms with Crippen LogP contribution in [0.4, 0.5) is 5.69 Å². The molecule has 0 radical (unpaired) electrons. The largest absolute Gasteiger partial charge is 0.463 e. The lowest BCUT2D eigenvalue weighted by Crippen LogP contribution is -2.54. The molecule has 5 amide bonds. The number of hydrogen-bond donors (Lipinski definition) is 2. The van der Waals surface area contributed by atoms with Gasteiger partial charge in [0.1, 0.15) is 12.6 Å². The molecule has 0 aliphatic carbocycles. The highest BCUT2D eigenvalue weighted by molar-refractivity contribution is 6.26. The Balaban J connectivity index is 1.15. The predicted octanol–water partition coefficient (Wildman–Crippen LogP) is 4.32. The van der Waals surface area contributed by atoms with Gasteiger partial charge < -0.3 is 24.3 Å². The van der Waals surface area contributed by atoms with Crippen molar-refractivity contribution in [1.29, 1.82) is 0 Å². The van der Waals surface area contributed by atoms with E-state index in [2.05, 4.69) is 17.6 Å². The smallest absolute Gasteiger partial charge is 0.305 e. The number of anilines is 1. The number of esters is 1. The van der Waals surface area contributed by atoms with E-state index >= 15 is 0 Å². The summed E-state index contributed by atoms with van der Waals surface area (Å²) in [5.74, 6) is -2.88. The Morgan fingerprint density at radius 1 is 0.771 bits per heavy atom. The molecule has 13 nitrogen and oxygen atoms in total. The molecule has 1 saturated heterocycles. The molecular formula is C35H51N3O10. The lowest BCUT2D eigenvalue weighted by Gasteiger charge is -2.27. The summed E-state index contributed by atoms with van der Waals surface area (Å²) in [5, 5.41) is 4.90. The average Bonchev–Trinajstić information content (AvgIpc) is 3.32. The van der Waals surface area contributed by atoms with Crippen LogP contribution in [0.3, 0.4) is 0 Å². The topological polar surface area (TPSA) is 167 Å². The van der Waals surface area contributed by atoms with Gasteiger partial charge in [-0.2, -0.15) is 0 Å². The molecule has 0 aromatic heterocycles. The molecule has 13 heteroatoms. The first-order valence-corrected chi connectivity index (χ1v) is 17.4. The van der Waals surface area contributed by atoms with Gasteiger partial charge in [-0.05, 0) is 37.8 Å². The van der Waals surface area contributed by atoms with Crippen molar-refractivity contribution in [2.75, 3.05) is 51.6 Å². The predicted molar refractivity (Wildman–Crippen MR) is 176 cm³/mol. The number of rotatable bonds is 25. The van der Waals surface area contributed by atoms with Crippen molar-refractivity contribution in [3.8, 4) is 0 Å². The zero-order valence-corrected chi connectivity index (χ0v) is 28.2. The third-order valence-corrected chi connectivity index (χ3v) is 8.15. The Hall–Kier alpha value is -3.68. The summed E-state index contributed by atoms with van der Waals surface area (Å²) >= 11 is 0. The molecule has 2 heterocycles. The fraction of sp³-hybridized carbons (Fsp3) is 0.657. The molecule has 1 atom stereocenters. The number of benzene rings is 1. The van der Waals surface area contributed by atoms with Gasteiger partial charge in [0.25, 0.3) is 11.8 Å². The standard InChI is InChI=1S/C35H51N3O10/c1-2-3-4-5-6-7-10-16-31(41)48-25-24-47-23-22-46-21-20-45-19-11-8-9-15-29(39)36-27-14-12-13-26-32(27)35(44)38(34(26)43)28-17-18-30(40)37-33(28)42/h12-14,28H,2-11,15-25H2,1H3,(H,36,39)(H,37,40,42). The van der Waals surface area contributed by atoms with Crippen LogP contribution >= 0.6 is 0 Å². The van der Waals surface area contributed by atoms with Crippen molar-refractivity contribution in [3.05, 3.63) is 29.3 Å². The molecule has 1 aromatic rings. The molecule has 48 heavy (non-hydrogen) atoms. The monoisotopic (exact) mass is 673 g/mol. The van der Waals surface area contributed by atoms with Crippen LogP contribution in [0.1, 0.15) is 118 Å². The molecule has 0 spiro atoms. The van der Waals surface area contributed by atoms with E-state index in [0.29, 0.717) is 52.5 Å². The van der Waals surface area contributed by atoms with Gasteiger partial charge in [-0.15, -0.1) is 0 Å². The van der Waals surface area contributed by atoms with Crippen LogP contribution < -0.4 is 10.6 Å². The minimum Gasteiger partial charge on any atom is -0.463 e. The van der Waals surface area contributed by atoms with Crippen LogP contribution in [0.25, 0.3) is 0 Å². The van der Waals surface area contributed by atoms with Crippen LogP contribution in [0.5, 0.6) is 0 Å². The molecule has 1 fully saturated rings. The lowest BCUT2D eigenvalue weighted by molar-refractivity contribution is -0.145. The van der Waals surface area contributed by atoms with Gasteiger partial charge >= 0.3 is 5.97 Å². The number of amides is 5. The van der Waals surface area contributed by atoms with Crippen LogP contribution in [0, 0.1) is 0 Å². The molecule has 1 aromatic carbocycles. The highest BCUT2D eigenvalue weighted by Crippen LogP contribution is 2.32. The summed E-state index contributed by atoms with van der Waals surface area (Å²) in [6.07, 6.45) is 11.1. The molecule has 2 N–H and O–H groups in total. The fourth-order valence-electron chi connectivity index (χ4n) is 5.55. The maximum Gasteiger partial charge on any atom is 0.305 e. The number of fused-ring (bicyclic) bond motifs is 1. The maximum atomic E-state index is 13.2. The minimum absolute atomic E-state index is 0.0310. The summed E-state index contributed by atoms with van der Waals surface area (Å²) in [7, 11) is 0. The van der Waals surface area contributed by atoms with Crippen molar-refractivity contribution >= 4 is 41.2 Å². The number of nitrogens with one attached hydrogen (secondary N) is 2. The normalized spacial score (nSPS) is 15.9. The van der Waals surface area contributed by atoms with Crippen molar-refractivity contribution < 1.29 is 47.7 Å². The Bertz CT molecular complexity index is 1240. The van der Waals surface area contributed by atoms with Crippen molar-refractivity contribution in [1.82, 2.24) is 10.2 Å². The van der Waals surface area contributed by atoms with E-state index in [1.165, 1.54) is 38.2 Å². The van der Waals surface area contributed by atoms with E-state index in [0.717, 1.165) is 30.6 Å². The van der Waals surface area contributed by atoms with Crippen LogP contribution in [0.15, 0.2) is 18.2 Å². The number of piperidine rings is 1. The molecule has 2 aliphatic rings. The van der Waals surface area contributed by atoms with Crippen molar-refractivity contribution in [2.45, 2.75) is 103 Å².